The van der Waals surface area contributed by atoms with Crippen molar-refractivity contribution in [1.29, 1.82) is 0 Å². The molecular weight excluding hydrogens is 509 g/mol. The number of unbranched alkanes of at least 4 members (excludes halogenated alkanes) is 4. The number of phenolic OH excluding ortho intramolecular Hbond substituents is 1. The number of nitrogens with zero attached hydrogens (tertiary/aromatic N) is 3. The number of phenols is 1. The van der Waals surface area contributed by atoms with Crippen LogP contribution in [0.25, 0.3) is 0 Å². The summed E-state index contributed by atoms with van der Waals surface area (Å²) >= 11 is 3.46. The van der Waals surface area contributed by atoms with Gasteiger partial charge in [-0.2, -0.15) is 15.0 Å². The largest absolute Gasteiger partial charge is 0.507 e. The van der Waals surface area contributed by atoms with E-state index in [1.807, 2.05) is 12.1 Å². The predicted octanol–water partition coefficient (Wildman–Crippen LogP) is 10.2. The van der Waals surface area contributed by atoms with Crippen molar-refractivity contribution in [2.45, 2.75) is 129 Å². The quantitative estimate of drug-likeness (QED) is 0.107. The maximum absolute atomic E-state index is 10.8. The van der Waals surface area contributed by atoms with Crippen molar-refractivity contribution >= 4 is 35.2 Å². The summed E-state index contributed by atoms with van der Waals surface area (Å²) < 4.78 is 0. The molecule has 1 aromatic carbocycles. The van der Waals surface area contributed by atoms with Crippen LogP contribution in [-0.4, -0.2) is 31.6 Å². The Balaban J connectivity index is 2.15. The predicted molar refractivity (Wildman–Crippen MR) is 167 cm³/mol. The van der Waals surface area contributed by atoms with Crippen molar-refractivity contribution in [3.8, 4) is 5.75 Å². The summed E-state index contributed by atoms with van der Waals surface area (Å²) in [6.45, 7) is 17.6. The van der Waals surface area contributed by atoms with Crippen molar-refractivity contribution in [2.24, 2.45) is 11.8 Å². The highest BCUT2D eigenvalue weighted by atomic mass is 32.2. The molecule has 1 heterocycles. The van der Waals surface area contributed by atoms with Crippen LogP contribution in [0.2, 0.25) is 0 Å². The molecule has 2 aromatic rings. The zero-order chi connectivity index (χ0) is 28.1. The molecule has 0 aliphatic rings. The summed E-state index contributed by atoms with van der Waals surface area (Å²) in [5.41, 5.74) is 2.80. The maximum Gasteiger partial charge on any atom is 0.232 e. The summed E-state index contributed by atoms with van der Waals surface area (Å²) in [7, 11) is 0. The van der Waals surface area contributed by atoms with Crippen LogP contribution >= 0.6 is 23.5 Å². The van der Waals surface area contributed by atoms with E-state index in [9.17, 15) is 5.11 Å². The first kappa shape index (κ1) is 32.7. The molecule has 7 heteroatoms. The van der Waals surface area contributed by atoms with E-state index in [1.54, 1.807) is 23.5 Å². The smallest absolute Gasteiger partial charge is 0.232 e. The van der Waals surface area contributed by atoms with Crippen LogP contribution < -0.4 is 5.32 Å². The van der Waals surface area contributed by atoms with E-state index in [0.29, 0.717) is 11.7 Å². The lowest BCUT2D eigenvalue weighted by molar-refractivity contribution is 0.454. The minimum absolute atomic E-state index is 0.219. The molecule has 0 aliphatic carbocycles. The van der Waals surface area contributed by atoms with Gasteiger partial charge in [-0.25, -0.2) is 0 Å². The van der Waals surface area contributed by atoms with Crippen LogP contribution in [0.5, 0.6) is 5.75 Å². The van der Waals surface area contributed by atoms with Gasteiger partial charge in [-0.1, -0.05) is 117 Å². The first-order chi connectivity index (χ1) is 18.1. The lowest BCUT2D eigenvalue weighted by Crippen LogP contribution is -2.05. The van der Waals surface area contributed by atoms with E-state index in [1.165, 1.54) is 51.4 Å². The van der Waals surface area contributed by atoms with Gasteiger partial charge in [0.2, 0.25) is 5.95 Å². The van der Waals surface area contributed by atoms with Gasteiger partial charge in [0.05, 0.1) is 0 Å². The van der Waals surface area contributed by atoms with E-state index in [2.05, 4.69) is 60.7 Å². The van der Waals surface area contributed by atoms with Crippen molar-refractivity contribution in [3.63, 3.8) is 0 Å². The number of aromatic hydroxyl groups is 1. The van der Waals surface area contributed by atoms with Crippen LogP contribution in [0.15, 0.2) is 22.4 Å². The molecule has 2 N–H and O–H groups in total. The van der Waals surface area contributed by atoms with Gasteiger partial charge in [0, 0.05) is 17.2 Å². The van der Waals surface area contributed by atoms with E-state index < -0.39 is 0 Å². The first-order valence-electron chi connectivity index (χ1n) is 14.7. The molecule has 0 atom stereocenters. The fourth-order valence-corrected chi connectivity index (χ4v) is 6.00. The third-order valence-corrected chi connectivity index (χ3v) is 8.44. The Morgan fingerprint density at radius 3 is 1.50 bits per heavy atom. The topological polar surface area (TPSA) is 70.9 Å². The Kier molecular flexibility index (Phi) is 14.9. The van der Waals surface area contributed by atoms with Gasteiger partial charge in [-0.3, -0.25) is 0 Å². The van der Waals surface area contributed by atoms with Crippen LogP contribution in [-0.2, 0) is 0 Å². The molecule has 0 spiro atoms. The number of thioether (sulfide) groups is 2. The molecule has 214 valence electrons. The minimum Gasteiger partial charge on any atom is -0.507 e. The molecule has 0 unspecified atom stereocenters. The lowest BCUT2D eigenvalue weighted by Gasteiger charge is -2.18. The maximum atomic E-state index is 10.8. The number of aromatic nitrogens is 3. The molecule has 2 rings (SSSR count). The number of hydrogen-bond donors (Lipinski definition) is 2. The standard InChI is InChI=1S/C31H52N4OS2/c1-21(2)15-11-9-13-17-37-30-33-29(34-31(35-30)38-18-14-10-12-16-22(3)4)32-25-19-26(23(5)6)28(36)27(20-25)24(7)8/h19-24,36H,9-18H2,1-8H3,(H,32,33,34,35). The molecule has 0 saturated carbocycles. The van der Waals surface area contributed by atoms with Crippen molar-refractivity contribution in [1.82, 2.24) is 15.0 Å². The van der Waals surface area contributed by atoms with E-state index in [-0.39, 0.29) is 11.8 Å². The lowest BCUT2D eigenvalue weighted by atomic mass is 9.93. The normalized spacial score (nSPS) is 11.9. The average molecular weight is 561 g/mol. The summed E-state index contributed by atoms with van der Waals surface area (Å²) in [6.07, 6.45) is 10.0. The Labute approximate surface area is 241 Å². The van der Waals surface area contributed by atoms with E-state index in [4.69, 9.17) is 15.0 Å². The van der Waals surface area contributed by atoms with Gasteiger partial charge in [-0.05, 0) is 59.8 Å². The van der Waals surface area contributed by atoms with Crippen LogP contribution in [0, 0.1) is 11.8 Å². The first-order valence-corrected chi connectivity index (χ1v) is 16.7. The van der Waals surface area contributed by atoms with Gasteiger partial charge in [-0.15, -0.1) is 0 Å². The van der Waals surface area contributed by atoms with Crippen LogP contribution in [0.4, 0.5) is 11.6 Å². The Hall–Kier alpha value is -1.47. The third-order valence-electron chi connectivity index (χ3n) is 6.58. The highest BCUT2D eigenvalue weighted by Crippen LogP contribution is 2.37. The molecule has 0 aliphatic heterocycles. The van der Waals surface area contributed by atoms with Gasteiger partial charge in [0.25, 0.3) is 0 Å². The molecule has 0 bridgehead atoms. The molecule has 5 nitrogen and oxygen atoms in total. The average Bonchev–Trinajstić information content (AvgIpc) is 2.83. The SMILES string of the molecule is CC(C)CCCCCSc1nc(Nc2cc(C(C)C)c(O)c(C(C)C)c2)nc(SCCCCCC(C)C)n1. The Bertz CT molecular complexity index is 896. The van der Waals surface area contributed by atoms with Crippen molar-refractivity contribution < 1.29 is 5.11 Å². The second-order valence-corrected chi connectivity index (χ2v) is 14.0. The Morgan fingerprint density at radius 2 is 1.11 bits per heavy atom. The number of nitrogens with one attached hydrogen (secondary N) is 1. The second-order valence-electron chi connectivity index (χ2n) is 11.8. The summed E-state index contributed by atoms with van der Waals surface area (Å²) in [5, 5.41) is 15.8. The molecule has 0 amide bonds. The van der Waals surface area contributed by atoms with Gasteiger partial charge >= 0.3 is 0 Å². The van der Waals surface area contributed by atoms with Crippen molar-refractivity contribution in [2.75, 3.05) is 16.8 Å². The minimum atomic E-state index is 0.219. The number of hydrogen-bond acceptors (Lipinski definition) is 7. The van der Waals surface area contributed by atoms with E-state index in [0.717, 1.165) is 50.5 Å². The zero-order valence-electron chi connectivity index (χ0n) is 25.1. The van der Waals surface area contributed by atoms with Crippen LogP contribution in [0.3, 0.4) is 0 Å². The van der Waals surface area contributed by atoms with Gasteiger partial charge < -0.3 is 10.4 Å². The Morgan fingerprint density at radius 1 is 0.658 bits per heavy atom. The van der Waals surface area contributed by atoms with E-state index >= 15 is 0 Å². The van der Waals surface area contributed by atoms with Gasteiger partial charge in [0.15, 0.2) is 10.3 Å². The van der Waals surface area contributed by atoms with Gasteiger partial charge in [0.1, 0.15) is 5.75 Å². The fourth-order valence-electron chi connectivity index (χ4n) is 4.27. The summed E-state index contributed by atoms with van der Waals surface area (Å²) in [6, 6.07) is 4.05. The number of rotatable bonds is 18. The number of benzene rings is 1. The summed E-state index contributed by atoms with van der Waals surface area (Å²) in [5.74, 6) is 5.02. The third kappa shape index (κ3) is 12.1. The molecule has 1 aromatic heterocycles. The fraction of sp³-hybridized carbons (Fsp3) is 0.710. The molecular formula is C31H52N4OS2. The number of anilines is 2. The highest BCUT2D eigenvalue weighted by Gasteiger charge is 2.16. The molecule has 0 saturated heterocycles. The zero-order valence-corrected chi connectivity index (χ0v) is 26.8. The molecule has 0 radical (unpaired) electrons. The van der Waals surface area contributed by atoms with Crippen LogP contribution in [0.1, 0.15) is 130 Å². The summed E-state index contributed by atoms with van der Waals surface area (Å²) in [4.78, 5) is 14.4. The molecule has 0 fully saturated rings. The monoisotopic (exact) mass is 560 g/mol. The second kappa shape index (κ2) is 17.3. The molecule has 38 heavy (non-hydrogen) atoms. The van der Waals surface area contributed by atoms with Crippen molar-refractivity contribution in [3.05, 3.63) is 23.3 Å². The highest BCUT2D eigenvalue weighted by molar-refractivity contribution is 7.99.